The van der Waals surface area contributed by atoms with E-state index in [9.17, 15) is 35.1 Å². The number of rotatable bonds is 4. The lowest BCUT2D eigenvalue weighted by atomic mass is 10.3. The Morgan fingerprint density at radius 1 is 0.690 bits per heavy atom. The van der Waals surface area contributed by atoms with Gasteiger partial charge in [-0.3, -0.25) is 0 Å². The number of pyridine rings is 1. The second-order valence-electron chi connectivity index (χ2n) is 5.51. The summed E-state index contributed by atoms with van der Waals surface area (Å²) in [5.74, 6) is -16.2. The minimum Gasteiger partial charge on any atom is -0.481 e. The zero-order valence-corrected chi connectivity index (χ0v) is 15.1. The molecule has 0 bridgehead atoms. The van der Waals surface area contributed by atoms with Crippen LogP contribution in [0.5, 0.6) is 5.88 Å². The molecular weight excluding hydrogens is 429 g/mol. The van der Waals surface area contributed by atoms with Gasteiger partial charge in [-0.2, -0.15) is 0 Å². The van der Waals surface area contributed by atoms with Crippen LogP contribution in [0.15, 0.2) is 30.3 Å². The lowest BCUT2D eigenvalue weighted by Gasteiger charge is -2.20. The van der Waals surface area contributed by atoms with Crippen LogP contribution in [-0.2, 0) is 0 Å². The Labute approximate surface area is 159 Å². The van der Waals surface area contributed by atoms with Gasteiger partial charge in [-0.25, -0.2) is 40.1 Å². The minimum absolute atomic E-state index is 0.0954. The highest BCUT2D eigenvalue weighted by Crippen LogP contribution is 2.37. The van der Waals surface area contributed by atoms with E-state index < -0.39 is 65.1 Å². The molecule has 152 valence electrons. The third kappa shape index (κ3) is 3.64. The topological polar surface area (TPSA) is 22.1 Å². The molecule has 1 heterocycles. The molecule has 0 spiro atoms. The predicted octanol–water partition coefficient (Wildman–Crippen LogP) is 3.96. The van der Waals surface area contributed by atoms with Crippen molar-refractivity contribution in [2.75, 3.05) is 7.11 Å². The Balaban J connectivity index is 2.39. The number of nitrogens with zero attached hydrogens (tertiary/aromatic N) is 1. The summed E-state index contributed by atoms with van der Waals surface area (Å²) in [5, 5.41) is -1.91. The molecule has 0 atom stereocenters. The Hall–Kier alpha value is -2.74. The van der Waals surface area contributed by atoms with Gasteiger partial charge in [0.05, 0.1) is 12.5 Å². The van der Waals surface area contributed by atoms with Crippen molar-refractivity contribution < 1.29 is 39.9 Å². The van der Waals surface area contributed by atoms with Gasteiger partial charge in [-0.05, 0) is 18.2 Å². The summed E-state index contributed by atoms with van der Waals surface area (Å²) in [5.41, 5.74) is -0.298. The normalized spacial score (nSPS) is 11.2. The number of hydrogen-bond donors (Lipinski definition) is 0. The molecule has 0 N–H and O–H groups in total. The monoisotopic (exact) mass is 437 g/mol. The van der Waals surface area contributed by atoms with Gasteiger partial charge in [0.25, 0.3) is 0 Å². The van der Waals surface area contributed by atoms with Crippen molar-refractivity contribution in [1.82, 2.24) is 4.98 Å². The third-order valence-corrected chi connectivity index (χ3v) is 6.12. The molecular formula is C18H8F8NOP. The van der Waals surface area contributed by atoms with E-state index in [4.69, 9.17) is 4.74 Å². The van der Waals surface area contributed by atoms with E-state index in [1.54, 1.807) is 0 Å². The van der Waals surface area contributed by atoms with E-state index in [-0.39, 0.29) is 23.4 Å². The van der Waals surface area contributed by atoms with Crippen molar-refractivity contribution in [2.24, 2.45) is 0 Å². The van der Waals surface area contributed by atoms with Crippen molar-refractivity contribution in [1.29, 1.82) is 0 Å². The van der Waals surface area contributed by atoms with E-state index in [1.807, 2.05) is 0 Å². The maximum atomic E-state index is 14.4. The summed E-state index contributed by atoms with van der Waals surface area (Å²) in [6.07, 6.45) is 0. The summed E-state index contributed by atoms with van der Waals surface area (Å²) < 4.78 is 116. The zero-order chi connectivity index (χ0) is 21.5. The SMILES string of the molecule is COc1cccc(P(c2cc(F)c(F)c(F)c2F)c2cc(F)c(F)c(F)c2F)n1. The van der Waals surface area contributed by atoms with Crippen LogP contribution >= 0.6 is 7.92 Å². The highest BCUT2D eigenvalue weighted by atomic mass is 31.1. The van der Waals surface area contributed by atoms with Crippen molar-refractivity contribution in [2.45, 2.75) is 0 Å². The van der Waals surface area contributed by atoms with Crippen LogP contribution in [0.3, 0.4) is 0 Å². The molecule has 11 heteroatoms. The largest absolute Gasteiger partial charge is 0.481 e. The summed E-state index contributed by atoms with van der Waals surface area (Å²) in [4.78, 5) is 3.89. The first kappa shape index (κ1) is 21.0. The Bertz CT molecular complexity index is 1040. The smallest absolute Gasteiger partial charge is 0.213 e. The number of benzene rings is 2. The lowest BCUT2D eigenvalue weighted by Crippen LogP contribution is -2.29. The molecule has 2 nitrogen and oxygen atoms in total. The second kappa shape index (κ2) is 7.94. The van der Waals surface area contributed by atoms with Gasteiger partial charge < -0.3 is 4.74 Å². The molecule has 0 saturated carbocycles. The summed E-state index contributed by atoms with van der Waals surface area (Å²) in [6, 6.07) is 4.20. The molecule has 3 rings (SSSR count). The van der Waals surface area contributed by atoms with E-state index in [2.05, 4.69) is 4.98 Å². The van der Waals surface area contributed by atoms with E-state index in [0.717, 1.165) is 6.07 Å². The average molecular weight is 437 g/mol. The fourth-order valence-electron chi connectivity index (χ4n) is 2.46. The summed E-state index contributed by atoms with van der Waals surface area (Å²) in [7, 11) is -1.64. The third-order valence-electron chi connectivity index (χ3n) is 3.80. The minimum atomic E-state index is -2.83. The van der Waals surface area contributed by atoms with Gasteiger partial charge in [-0.15, -0.1) is 0 Å². The van der Waals surface area contributed by atoms with Crippen LogP contribution in [-0.4, -0.2) is 12.1 Å². The fraction of sp³-hybridized carbons (Fsp3) is 0.0556. The van der Waals surface area contributed by atoms with Crippen LogP contribution in [0, 0.1) is 46.5 Å². The molecule has 29 heavy (non-hydrogen) atoms. The van der Waals surface area contributed by atoms with Crippen LogP contribution in [0.25, 0.3) is 0 Å². The van der Waals surface area contributed by atoms with E-state index >= 15 is 0 Å². The zero-order valence-electron chi connectivity index (χ0n) is 14.2. The van der Waals surface area contributed by atoms with Crippen LogP contribution in [0.4, 0.5) is 35.1 Å². The molecule has 0 aliphatic heterocycles. The van der Waals surface area contributed by atoms with Gasteiger partial charge in [0.1, 0.15) is 0 Å². The van der Waals surface area contributed by atoms with E-state index in [1.165, 1.54) is 19.2 Å². The fourth-order valence-corrected chi connectivity index (χ4v) is 4.73. The highest BCUT2D eigenvalue weighted by Gasteiger charge is 2.32. The molecule has 2 aromatic carbocycles. The number of halogens is 8. The number of aromatic nitrogens is 1. The van der Waals surface area contributed by atoms with Crippen LogP contribution in [0.2, 0.25) is 0 Å². The van der Waals surface area contributed by atoms with Gasteiger partial charge in [-0.1, -0.05) is 6.07 Å². The Morgan fingerprint density at radius 2 is 1.17 bits per heavy atom. The predicted molar refractivity (Wildman–Crippen MR) is 89.2 cm³/mol. The molecule has 0 unspecified atom stereocenters. The number of methoxy groups -OCH3 is 1. The van der Waals surface area contributed by atoms with Crippen LogP contribution < -0.4 is 20.8 Å². The maximum Gasteiger partial charge on any atom is 0.213 e. The quantitative estimate of drug-likeness (QED) is 0.267. The van der Waals surface area contributed by atoms with Crippen molar-refractivity contribution >= 4 is 24.0 Å². The molecule has 0 saturated heterocycles. The first-order valence-electron chi connectivity index (χ1n) is 7.64. The van der Waals surface area contributed by atoms with Crippen molar-refractivity contribution in [3.63, 3.8) is 0 Å². The Kier molecular flexibility index (Phi) is 5.75. The van der Waals surface area contributed by atoms with E-state index in [0.29, 0.717) is 0 Å². The average Bonchev–Trinajstić information content (AvgIpc) is 2.72. The molecule has 0 radical (unpaired) electrons. The van der Waals surface area contributed by atoms with Crippen molar-refractivity contribution in [3.8, 4) is 5.88 Å². The van der Waals surface area contributed by atoms with Gasteiger partial charge in [0.15, 0.2) is 46.5 Å². The van der Waals surface area contributed by atoms with Crippen molar-refractivity contribution in [3.05, 3.63) is 76.9 Å². The first-order chi connectivity index (χ1) is 13.7. The molecule has 0 amide bonds. The van der Waals surface area contributed by atoms with Gasteiger partial charge in [0.2, 0.25) is 5.88 Å². The number of hydrogen-bond acceptors (Lipinski definition) is 2. The highest BCUT2D eigenvalue weighted by molar-refractivity contribution is 7.79. The molecule has 3 aromatic rings. The van der Waals surface area contributed by atoms with Crippen LogP contribution in [0.1, 0.15) is 0 Å². The molecule has 0 fully saturated rings. The second-order valence-corrected chi connectivity index (χ2v) is 7.61. The van der Waals surface area contributed by atoms with Gasteiger partial charge >= 0.3 is 0 Å². The molecule has 0 aliphatic rings. The Morgan fingerprint density at radius 3 is 1.62 bits per heavy atom. The maximum absolute atomic E-state index is 14.4. The lowest BCUT2D eigenvalue weighted by molar-refractivity contribution is 0.399. The summed E-state index contributed by atoms with van der Waals surface area (Å²) in [6.45, 7) is 0. The molecule has 1 aromatic heterocycles. The standard InChI is InChI=1S/C18H8F8NOP/c1-28-11-3-2-4-12(27-11)29(9-5-7(19)13(21)17(25)15(9)23)10-6-8(20)14(22)18(26)16(10)24/h2-6H,1H3. The first-order valence-corrected chi connectivity index (χ1v) is 8.98. The molecule has 0 aliphatic carbocycles. The number of ether oxygens (including phenoxy) is 1. The van der Waals surface area contributed by atoms with Gasteiger partial charge in [0, 0.05) is 24.6 Å². The summed E-state index contributed by atoms with van der Waals surface area (Å²) >= 11 is 0.